The van der Waals surface area contributed by atoms with Gasteiger partial charge in [-0.15, -0.1) is 0 Å². The summed E-state index contributed by atoms with van der Waals surface area (Å²) in [7, 11) is 0. The summed E-state index contributed by atoms with van der Waals surface area (Å²) in [6.07, 6.45) is 0.0893. The molecule has 122 valence electrons. The van der Waals surface area contributed by atoms with Gasteiger partial charge in [-0.25, -0.2) is 8.78 Å². The number of benzene rings is 2. The van der Waals surface area contributed by atoms with Crippen LogP contribution in [0.1, 0.15) is 30.1 Å². The fourth-order valence-electron chi connectivity index (χ4n) is 2.24. The molecule has 0 bridgehead atoms. The quantitative estimate of drug-likeness (QED) is 0.824. The Labute approximate surface area is 134 Å². The number of aliphatic hydroxyl groups is 1. The minimum absolute atomic E-state index is 0.188. The fourth-order valence-corrected chi connectivity index (χ4v) is 2.24. The lowest BCUT2D eigenvalue weighted by molar-refractivity contribution is -0.121. The van der Waals surface area contributed by atoms with Crippen molar-refractivity contribution in [1.82, 2.24) is 5.32 Å². The number of aliphatic hydroxyl groups excluding tert-OH is 1. The molecule has 2 aromatic carbocycles. The van der Waals surface area contributed by atoms with E-state index < -0.39 is 6.10 Å². The first-order valence-corrected chi connectivity index (χ1v) is 7.50. The topological polar surface area (TPSA) is 49.3 Å². The molecule has 0 fully saturated rings. The van der Waals surface area contributed by atoms with Gasteiger partial charge >= 0.3 is 0 Å². The monoisotopic (exact) mass is 319 g/mol. The number of halogens is 2. The van der Waals surface area contributed by atoms with Crippen LogP contribution in [0.25, 0.3) is 0 Å². The molecule has 3 nitrogen and oxygen atoms in total. The fraction of sp³-hybridized carbons (Fsp3) is 0.278. The van der Waals surface area contributed by atoms with Gasteiger partial charge in [0.25, 0.3) is 0 Å². The summed E-state index contributed by atoms with van der Waals surface area (Å²) in [6, 6.07) is 12.0. The van der Waals surface area contributed by atoms with Crippen LogP contribution in [-0.2, 0) is 11.2 Å². The molecule has 0 radical (unpaired) electrons. The van der Waals surface area contributed by atoms with E-state index in [0.717, 1.165) is 0 Å². The molecule has 1 atom stereocenters. The third-order valence-corrected chi connectivity index (χ3v) is 3.57. The Kier molecular flexibility index (Phi) is 6.23. The normalized spacial score (nSPS) is 12.0. The maximum Gasteiger partial charge on any atom is 0.220 e. The smallest absolute Gasteiger partial charge is 0.220 e. The van der Waals surface area contributed by atoms with Gasteiger partial charge in [0.05, 0.1) is 6.10 Å². The van der Waals surface area contributed by atoms with Gasteiger partial charge in [0, 0.05) is 13.0 Å². The van der Waals surface area contributed by atoms with Crippen molar-refractivity contribution in [3.05, 3.63) is 71.3 Å². The molecule has 2 aromatic rings. The van der Waals surface area contributed by atoms with Crippen LogP contribution in [0.5, 0.6) is 0 Å². The number of nitrogens with one attached hydrogen (secondary N) is 1. The van der Waals surface area contributed by atoms with Crippen LogP contribution in [-0.4, -0.2) is 17.6 Å². The summed E-state index contributed by atoms with van der Waals surface area (Å²) in [5.74, 6) is -0.867. The third kappa shape index (κ3) is 5.45. The average Bonchev–Trinajstić information content (AvgIpc) is 2.54. The van der Waals surface area contributed by atoms with Gasteiger partial charge in [0.15, 0.2) is 0 Å². The summed E-state index contributed by atoms with van der Waals surface area (Å²) in [4.78, 5) is 11.7. The van der Waals surface area contributed by atoms with Crippen molar-refractivity contribution in [2.24, 2.45) is 0 Å². The molecule has 2 rings (SSSR count). The van der Waals surface area contributed by atoms with Crippen LogP contribution < -0.4 is 5.32 Å². The molecular weight excluding hydrogens is 300 g/mol. The first kappa shape index (κ1) is 17.1. The molecule has 23 heavy (non-hydrogen) atoms. The second-order valence-electron chi connectivity index (χ2n) is 5.30. The highest BCUT2D eigenvalue weighted by Crippen LogP contribution is 2.16. The maximum absolute atomic E-state index is 13.4. The minimum atomic E-state index is -0.762. The lowest BCUT2D eigenvalue weighted by Crippen LogP contribution is -2.25. The predicted molar refractivity (Wildman–Crippen MR) is 83.7 cm³/mol. The van der Waals surface area contributed by atoms with Gasteiger partial charge in [-0.05, 0) is 42.2 Å². The summed E-state index contributed by atoms with van der Waals surface area (Å²) < 4.78 is 26.2. The summed E-state index contributed by atoms with van der Waals surface area (Å²) in [5.41, 5.74) is 1.11. The number of carbonyl (C=O) groups excluding carboxylic acids is 1. The summed E-state index contributed by atoms with van der Waals surface area (Å²) in [6.45, 7) is 0.300. The van der Waals surface area contributed by atoms with E-state index in [2.05, 4.69) is 5.32 Å². The van der Waals surface area contributed by atoms with E-state index >= 15 is 0 Å². The Morgan fingerprint density at radius 3 is 2.48 bits per heavy atom. The molecule has 5 heteroatoms. The highest BCUT2D eigenvalue weighted by Gasteiger charge is 2.09. The van der Waals surface area contributed by atoms with Gasteiger partial charge in [0.1, 0.15) is 11.6 Å². The molecule has 0 aliphatic carbocycles. The predicted octanol–water partition coefficient (Wildman–Crippen LogP) is 3.14. The lowest BCUT2D eigenvalue weighted by atomic mass is 10.1. The van der Waals surface area contributed by atoms with Crippen molar-refractivity contribution in [2.45, 2.75) is 25.4 Å². The average molecular weight is 319 g/mol. The molecule has 0 aliphatic heterocycles. The van der Waals surface area contributed by atoms with Crippen LogP contribution in [0, 0.1) is 11.6 Å². The summed E-state index contributed by atoms with van der Waals surface area (Å²) >= 11 is 0. The molecule has 0 aromatic heterocycles. The van der Waals surface area contributed by atoms with Gasteiger partial charge < -0.3 is 10.4 Å². The van der Waals surface area contributed by atoms with Crippen LogP contribution in [0.4, 0.5) is 8.78 Å². The Bertz CT molecular complexity index is 644. The van der Waals surface area contributed by atoms with E-state index in [9.17, 15) is 18.7 Å². The number of hydrogen-bond acceptors (Lipinski definition) is 2. The zero-order valence-electron chi connectivity index (χ0n) is 12.6. The number of aryl methyl sites for hydroxylation is 1. The number of amides is 1. The molecular formula is C18H19F2NO2. The lowest BCUT2D eigenvalue weighted by Gasteiger charge is -2.12. The second-order valence-corrected chi connectivity index (χ2v) is 5.30. The van der Waals surface area contributed by atoms with E-state index in [1.54, 1.807) is 18.2 Å². The first-order valence-electron chi connectivity index (χ1n) is 7.50. The van der Waals surface area contributed by atoms with Crippen LogP contribution in [0.2, 0.25) is 0 Å². The van der Waals surface area contributed by atoms with Crippen molar-refractivity contribution in [1.29, 1.82) is 0 Å². The van der Waals surface area contributed by atoms with Crippen LogP contribution in [0.3, 0.4) is 0 Å². The van der Waals surface area contributed by atoms with E-state index in [0.29, 0.717) is 30.5 Å². The molecule has 2 N–H and O–H groups in total. The summed E-state index contributed by atoms with van der Waals surface area (Å²) in [5, 5.41) is 12.6. The number of carbonyl (C=O) groups is 1. The molecule has 0 spiro atoms. The minimum Gasteiger partial charge on any atom is -0.388 e. The van der Waals surface area contributed by atoms with Crippen LogP contribution in [0.15, 0.2) is 48.5 Å². The number of rotatable bonds is 7. The van der Waals surface area contributed by atoms with Gasteiger partial charge in [0.2, 0.25) is 5.91 Å². The van der Waals surface area contributed by atoms with Crippen LogP contribution >= 0.6 is 0 Å². The van der Waals surface area contributed by atoms with Gasteiger partial charge in [-0.3, -0.25) is 4.79 Å². The van der Waals surface area contributed by atoms with E-state index in [1.165, 1.54) is 30.3 Å². The Balaban J connectivity index is 1.70. The molecule has 1 amide bonds. The first-order chi connectivity index (χ1) is 11.1. The van der Waals surface area contributed by atoms with Crippen molar-refractivity contribution >= 4 is 5.91 Å². The molecule has 1 unspecified atom stereocenters. The standard InChI is InChI=1S/C18H19F2NO2/c19-15-8-5-14(6-9-15)17(22)11-12-21-18(23)10-7-13-3-1-2-4-16(13)20/h1-6,8-9,17,22H,7,10-12H2,(H,21,23). The van der Waals surface area contributed by atoms with E-state index in [-0.39, 0.29) is 24.0 Å². The Morgan fingerprint density at radius 1 is 1.09 bits per heavy atom. The second kappa shape index (κ2) is 8.39. The highest BCUT2D eigenvalue weighted by atomic mass is 19.1. The van der Waals surface area contributed by atoms with E-state index in [4.69, 9.17) is 0 Å². The molecule has 0 saturated carbocycles. The largest absolute Gasteiger partial charge is 0.388 e. The van der Waals surface area contributed by atoms with Crippen molar-refractivity contribution in [2.75, 3.05) is 6.54 Å². The third-order valence-electron chi connectivity index (χ3n) is 3.57. The molecule has 0 aliphatic rings. The van der Waals surface area contributed by atoms with Crippen molar-refractivity contribution < 1.29 is 18.7 Å². The Morgan fingerprint density at radius 2 is 1.78 bits per heavy atom. The Hall–Kier alpha value is -2.27. The molecule has 0 heterocycles. The van der Waals surface area contributed by atoms with Crippen molar-refractivity contribution in [3.63, 3.8) is 0 Å². The van der Waals surface area contributed by atoms with E-state index in [1.807, 2.05) is 0 Å². The SMILES string of the molecule is O=C(CCc1ccccc1F)NCCC(O)c1ccc(F)cc1. The zero-order chi connectivity index (χ0) is 16.7. The zero-order valence-corrected chi connectivity index (χ0v) is 12.6. The number of hydrogen-bond donors (Lipinski definition) is 2. The van der Waals surface area contributed by atoms with Gasteiger partial charge in [-0.1, -0.05) is 30.3 Å². The highest BCUT2D eigenvalue weighted by molar-refractivity contribution is 5.76. The maximum atomic E-state index is 13.4. The van der Waals surface area contributed by atoms with Gasteiger partial charge in [-0.2, -0.15) is 0 Å². The van der Waals surface area contributed by atoms with Crippen molar-refractivity contribution in [3.8, 4) is 0 Å². The molecule has 0 saturated heterocycles.